The minimum absolute atomic E-state index is 0.178. The van der Waals surface area contributed by atoms with Crippen LogP contribution >= 0.6 is 0 Å². The quantitative estimate of drug-likeness (QED) is 0.834. The zero-order valence-corrected chi connectivity index (χ0v) is 9.13. The van der Waals surface area contributed by atoms with Crippen LogP contribution in [0.1, 0.15) is 18.4 Å². The molecule has 1 heterocycles. The largest absolute Gasteiger partial charge is 0.327 e. The molecular formula is C12H16F2N2. The number of benzene rings is 1. The Kier molecular flexibility index (Phi) is 3.51. The lowest BCUT2D eigenvalue weighted by molar-refractivity contribution is 0.199. The summed E-state index contributed by atoms with van der Waals surface area (Å²) in [6.45, 7) is 2.24. The number of hydrogen-bond donors (Lipinski definition) is 1. The van der Waals surface area contributed by atoms with Crippen molar-refractivity contribution in [3.63, 3.8) is 0 Å². The van der Waals surface area contributed by atoms with Crippen LogP contribution in [0.5, 0.6) is 0 Å². The molecule has 0 spiro atoms. The Morgan fingerprint density at radius 3 is 2.88 bits per heavy atom. The van der Waals surface area contributed by atoms with E-state index in [4.69, 9.17) is 5.73 Å². The Hall–Kier alpha value is -1.00. The number of likely N-dealkylation sites (tertiary alicyclic amines) is 1. The van der Waals surface area contributed by atoms with E-state index in [1.54, 1.807) is 0 Å². The Balaban J connectivity index is 2.02. The Morgan fingerprint density at radius 2 is 2.19 bits per heavy atom. The minimum Gasteiger partial charge on any atom is -0.327 e. The molecule has 1 atom stereocenters. The highest BCUT2D eigenvalue weighted by atomic mass is 19.1. The molecule has 0 radical (unpaired) electrons. The van der Waals surface area contributed by atoms with Crippen LogP contribution in [0.15, 0.2) is 18.2 Å². The van der Waals surface area contributed by atoms with Gasteiger partial charge in [-0.05, 0) is 25.5 Å². The van der Waals surface area contributed by atoms with Gasteiger partial charge in [-0.25, -0.2) is 8.78 Å². The van der Waals surface area contributed by atoms with Crippen LogP contribution in [-0.4, -0.2) is 24.0 Å². The van der Waals surface area contributed by atoms with E-state index in [0.717, 1.165) is 32.0 Å². The van der Waals surface area contributed by atoms with Gasteiger partial charge in [0.15, 0.2) is 0 Å². The highest BCUT2D eigenvalue weighted by Crippen LogP contribution is 2.15. The highest BCUT2D eigenvalue weighted by molar-refractivity contribution is 5.18. The standard InChI is InChI=1S/C12H16F2N2/c13-10-4-3-9(12(14)6-10)7-16-5-1-2-11(15)8-16/h3-4,6,11H,1-2,5,7-8,15H2. The number of nitrogens with zero attached hydrogens (tertiary/aromatic N) is 1. The van der Waals surface area contributed by atoms with E-state index in [-0.39, 0.29) is 6.04 Å². The maximum absolute atomic E-state index is 13.4. The average molecular weight is 226 g/mol. The van der Waals surface area contributed by atoms with Gasteiger partial charge in [-0.15, -0.1) is 0 Å². The summed E-state index contributed by atoms with van der Waals surface area (Å²) >= 11 is 0. The Bertz CT molecular complexity index is 368. The molecule has 0 saturated carbocycles. The number of halogens is 2. The molecule has 0 bridgehead atoms. The third-order valence-electron chi connectivity index (χ3n) is 2.95. The predicted molar refractivity (Wildman–Crippen MR) is 58.8 cm³/mol. The van der Waals surface area contributed by atoms with Crippen molar-refractivity contribution >= 4 is 0 Å². The second-order valence-electron chi connectivity index (χ2n) is 4.37. The first kappa shape index (κ1) is 11.5. The summed E-state index contributed by atoms with van der Waals surface area (Å²) < 4.78 is 26.1. The molecule has 4 heteroatoms. The molecule has 2 nitrogen and oxygen atoms in total. The van der Waals surface area contributed by atoms with Crippen molar-refractivity contribution in [3.05, 3.63) is 35.4 Å². The molecule has 2 rings (SSSR count). The van der Waals surface area contributed by atoms with Crippen molar-refractivity contribution in [2.45, 2.75) is 25.4 Å². The molecule has 1 aromatic carbocycles. The number of hydrogen-bond acceptors (Lipinski definition) is 2. The first-order valence-corrected chi connectivity index (χ1v) is 5.57. The normalized spacial score (nSPS) is 22.3. The molecule has 0 amide bonds. The Labute approximate surface area is 94.0 Å². The SMILES string of the molecule is NC1CCCN(Cc2ccc(F)cc2F)C1. The van der Waals surface area contributed by atoms with Gasteiger partial charge in [0.25, 0.3) is 0 Å². The van der Waals surface area contributed by atoms with Crippen molar-refractivity contribution in [3.8, 4) is 0 Å². The summed E-state index contributed by atoms with van der Waals surface area (Å²) in [5.41, 5.74) is 6.38. The molecule has 1 aliphatic heterocycles. The van der Waals surface area contributed by atoms with Gasteiger partial charge in [-0.3, -0.25) is 4.90 Å². The van der Waals surface area contributed by atoms with Crippen LogP contribution in [0.25, 0.3) is 0 Å². The third kappa shape index (κ3) is 2.77. The maximum Gasteiger partial charge on any atom is 0.130 e. The van der Waals surface area contributed by atoms with E-state index in [9.17, 15) is 8.78 Å². The van der Waals surface area contributed by atoms with Crippen molar-refractivity contribution in [1.29, 1.82) is 0 Å². The molecule has 16 heavy (non-hydrogen) atoms. The lowest BCUT2D eigenvalue weighted by Crippen LogP contribution is -2.42. The third-order valence-corrected chi connectivity index (χ3v) is 2.95. The van der Waals surface area contributed by atoms with Crippen LogP contribution in [-0.2, 0) is 6.54 Å². The highest BCUT2D eigenvalue weighted by Gasteiger charge is 2.17. The fourth-order valence-corrected chi connectivity index (χ4v) is 2.13. The van der Waals surface area contributed by atoms with Gasteiger partial charge in [0, 0.05) is 30.8 Å². The summed E-state index contributed by atoms with van der Waals surface area (Å²) in [5.74, 6) is -1.00. The monoisotopic (exact) mass is 226 g/mol. The summed E-state index contributed by atoms with van der Waals surface area (Å²) in [7, 11) is 0. The second-order valence-corrected chi connectivity index (χ2v) is 4.37. The molecule has 2 N–H and O–H groups in total. The first-order valence-electron chi connectivity index (χ1n) is 5.57. The maximum atomic E-state index is 13.4. The van der Waals surface area contributed by atoms with Crippen LogP contribution in [0.3, 0.4) is 0 Å². The second kappa shape index (κ2) is 4.89. The average Bonchev–Trinajstić information content (AvgIpc) is 2.22. The van der Waals surface area contributed by atoms with Gasteiger partial charge in [-0.1, -0.05) is 6.07 Å². The lowest BCUT2D eigenvalue weighted by Gasteiger charge is -2.30. The molecule has 0 aromatic heterocycles. The summed E-state index contributed by atoms with van der Waals surface area (Å²) in [5, 5.41) is 0. The van der Waals surface area contributed by atoms with Gasteiger partial charge >= 0.3 is 0 Å². The molecule has 88 valence electrons. The zero-order chi connectivity index (χ0) is 11.5. The fourth-order valence-electron chi connectivity index (χ4n) is 2.13. The van der Waals surface area contributed by atoms with Crippen molar-refractivity contribution in [1.82, 2.24) is 4.90 Å². The van der Waals surface area contributed by atoms with Crippen molar-refractivity contribution in [2.75, 3.05) is 13.1 Å². The molecule has 0 aliphatic carbocycles. The van der Waals surface area contributed by atoms with Crippen LogP contribution in [0, 0.1) is 11.6 Å². The Morgan fingerprint density at radius 1 is 1.38 bits per heavy atom. The number of piperidine rings is 1. The van der Waals surface area contributed by atoms with Crippen LogP contribution < -0.4 is 5.73 Å². The molecule has 1 unspecified atom stereocenters. The van der Waals surface area contributed by atoms with Crippen molar-refractivity contribution < 1.29 is 8.78 Å². The van der Waals surface area contributed by atoms with Gasteiger partial charge < -0.3 is 5.73 Å². The van der Waals surface area contributed by atoms with Gasteiger partial charge in [-0.2, -0.15) is 0 Å². The minimum atomic E-state index is -0.531. The van der Waals surface area contributed by atoms with E-state index < -0.39 is 11.6 Å². The number of rotatable bonds is 2. The smallest absolute Gasteiger partial charge is 0.130 e. The van der Waals surface area contributed by atoms with E-state index in [1.165, 1.54) is 12.1 Å². The first-order chi connectivity index (χ1) is 7.65. The van der Waals surface area contributed by atoms with E-state index in [2.05, 4.69) is 4.90 Å². The van der Waals surface area contributed by atoms with Gasteiger partial charge in [0.2, 0.25) is 0 Å². The van der Waals surface area contributed by atoms with Gasteiger partial charge in [0.05, 0.1) is 0 Å². The molecular weight excluding hydrogens is 210 g/mol. The number of nitrogens with two attached hydrogens (primary N) is 1. The van der Waals surface area contributed by atoms with E-state index in [0.29, 0.717) is 12.1 Å². The molecule has 1 aliphatic rings. The lowest BCUT2D eigenvalue weighted by atomic mass is 10.1. The van der Waals surface area contributed by atoms with Crippen LogP contribution in [0.2, 0.25) is 0 Å². The molecule has 1 aromatic rings. The zero-order valence-electron chi connectivity index (χ0n) is 9.13. The van der Waals surface area contributed by atoms with E-state index >= 15 is 0 Å². The summed E-state index contributed by atoms with van der Waals surface area (Å²) in [6.07, 6.45) is 2.08. The summed E-state index contributed by atoms with van der Waals surface area (Å²) in [6, 6.07) is 3.91. The van der Waals surface area contributed by atoms with Gasteiger partial charge in [0.1, 0.15) is 11.6 Å². The van der Waals surface area contributed by atoms with Crippen molar-refractivity contribution in [2.24, 2.45) is 5.73 Å². The molecule has 1 saturated heterocycles. The predicted octanol–water partition coefficient (Wildman–Crippen LogP) is 1.89. The molecule has 1 fully saturated rings. The van der Waals surface area contributed by atoms with E-state index in [1.807, 2.05) is 0 Å². The fraction of sp³-hybridized carbons (Fsp3) is 0.500. The summed E-state index contributed by atoms with van der Waals surface area (Å²) in [4.78, 5) is 2.12. The van der Waals surface area contributed by atoms with Crippen LogP contribution in [0.4, 0.5) is 8.78 Å². The topological polar surface area (TPSA) is 29.3 Å².